The number of nitrogens with one attached hydrogen (secondary N) is 1. The van der Waals surface area contributed by atoms with Crippen molar-refractivity contribution in [3.63, 3.8) is 0 Å². The fraction of sp³-hybridized carbons (Fsp3) is 0.571. The van der Waals surface area contributed by atoms with E-state index in [4.69, 9.17) is 4.74 Å². The molecule has 2 saturated heterocycles. The minimum Gasteiger partial charge on any atom is -0.377 e. The molecule has 0 saturated carbocycles. The van der Waals surface area contributed by atoms with Gasteiger partial charge in [-0.25, -0.2) is 21.6 Å². The molecule has 0 bridgehead atoms. The molecule has 0 radical (unpaired) electrons. The van der Waals surface area contributed by atoms with E-state index in [-0.39, 0.29) is 46.4 Å². The smallest absolute Gasteiger partial charge is 0.291 e. The second-order valence-electron chi connectivity index (χ2n) is 9.50. The Morgan fingerprint density at radius 1 is 1.16 bits per heavy atom. The average Bonchev–Trinajstić information content (AvgIpc) is 3.53. The van der Waals surface area contributed by atoms with Crippen molar-refractivity contribution in [2.75, 3.05) is 51.0 Å². The molecule has 0 aliphatic carbocycles. The van der Waals surface area contributed by atoms with Crippen molar-refractivity contribution in [3.8, 4) is 10.8 Å². The summed E-state index contributed by atoms with van der Waals surface area (Å²) in [6.45, 7) is 4.08. The third kappa shape index (κ3) is 4.83. The SMILES string of the molecule is CC(C)C(=O)N1CCN(c2cc(S(=O)(=O)NC3(CF)COC3)cn3c(-c4nnc(C(F)F)s4)nnc23)CC1. The van der Waals surface area contributed by atoms with Crippen LogP contribution in [0.3, 0.4) is 0 Å². The average molecular weight is 575 g/mol. The normalized spacial score (nSPS) is 18.0. The number of fused-ring (bicyclic) bond motifs is 1. The number of halogens is 3. The Kier molecular flexibility index (Phi) is 7.04. The lowest BCUT2D eigenvalue weighted by molar-refractivity contribution is -0.134. The van der Waals surface area contributed by atoms with E-state index in [1.54, 1.807) is 4.90 Å². The molecule has 1 amide bonds. The molecule has 2 fully saturated rings. The van der Waals surface area contributed by atoms with Gasteiger partial charge in [0, 0.05) is 38.3 Å². The summed E-state index contributed by atoms with van der Waals surface area (Å²) in [5.41, 5.74) is -0.692. The molecule has 0 atom stereocenters. The van der Waals surface area contributed by atoms with Crippen LogP contribution in [0.1, 0.15) is 25.3 Å². The lowest BCUT2D eigenvalue weighted by Crippen LogP contribution is -2.63. The van der Waals surface area contributed by atoms with E-state index in [0.717, 1.165) is 0 Å². The van der Waals surface area contributed by atoms with Gasteiger partial charge < -0.3 is 14.5 Å². The van der Waals surface area contributed by atoms with E-state index in [2.05, 4.69) is 25.1 Å². The van der Waals surface area contributed by atoms with E-state index >= 15 is 0 Å². The Balaban J connectivity index is 1.57. The highest BCUT2D eigenvalue weighted by Gasteiger charge is 2.43. The fourth-order valence-corrected chi connectivity index (χ4v) is 6.33. The number of carbonyl (C=O) groups is 1. The van der Waals surface area contributed by atoms with Gasteiger partial charge in [0.25, 0.3) is 6.43 Å². The highest BCUT2D eigenvalue weighted by Crippen LogP contribution is 2.33. The molecule has 5 rings (SSSR count). The topological polar surface area (TPSA) is 135 Å². The minimum atomic E-state index is -4.25. The molecule has 0 unspecified atom stereocenters. The number of rotatable bonds is 8. The van der Waals surface area contributed by atoms with Crippen LogP contribution in [0.15, 0.2) is 17.2 Å². The second kappa shape index (κ2) is 10.0. The van der Waals surface area contributed by atoms with Gasteiger partial charge in [-0.05, 0) is 6.07 Å². The molecule has 1 N–H and O–H groups in total. The zero-order valence-corrected chi connectivity index (χ0v) is 22.1. The van der Waals surface area contributed by atoms with E-state index in [1.807, 2.05) is 18.7 Å². The zero-order chi connectivity index (χ0) is 27.2. The maximum Gasteiger partial charge on any atom is 0.291 e. The van der Waals surface area contributed by atoms with Crippen molar-refractivity contribution in [3.05, 3.63) is 17.3 Å². The van der Waals surface area contributed by atoms with E-state index < -0.39 is 33.7 Å². The molecule has 5 heterocycles. The van der Waals surface area contributed by atoms with Gasteiger partial charge in [-0.15, -0.1) is 20.4 Å². The number of sulfonamides is 1. The lowest BCUT2D eigenvalue weighted by atomic mass is 10.0. The molecule has 17 heteroatoms. The third-order valence-corrected chi connectivity index (χ3v) is 8.85. The molecule has 206 valence electrons. The number of hydrogen-bond donors (Lipinski definition) is 1. The molecular formula is C21H25F3N8O4S2. The summed E-state index contributed by atoms with van der Waals surface area (Å²) in [6, 6.07) is 1.41. The molecule has 0 spiro atoms. The standard InChI is InChI=1S/C21H25F3N8O4S2/c1-12(2)20(33)31-5-3-30(4-6-31)14-7-13(38(34,35)29-21(9-22)10-36-11-21)8-32-16(14)25-26-17(32)19-28-27-18(37-19)15(23)24/h7-8,12,15,29H,3-6,9-11H2,1-2H3. The number of anilines is 1. The first-order valence-corrected chi connectivity index (χ1v) is 14.1. The number of ether oxygens (including phenoxy) is 1. The number of piperazine rings is 1. The van der Waals surface area contributed by atoms with Crippen LogP contribution < -0.4 is 9.62 Å². The van der Waals surface area contributed by atoms with Gasteiger partial charge in [-0.1, -0.05) is 25.2 Å². The summed E-state index contributed by atoms with van der Waals surface area (Å²) in [4.78, 5) is 15.8. The monoisotopic (exact) mass is 574 g/mol. The minimum absolute atomic E-state index is 0.0189. The van der Waals surface area contributed by atoms with E-state index in [0.29, 0.717) is 43.2 Å². The molecule has 12 nitrogen and oxygen atoms in total. The predicted octanol–water partition coefficient (Wildman–Crippen LogP) is 1.51. The molecule has 38 heavy (non-hydrogen) atoms. The van der Waals surface area contributed by atoms with Crippen LogP contribution in [-0.2, 0) is 19.6 Å². The number of hydrogen-bond acceptors (Lipinski definition) is 10. The first-order chi connectivity index (χ1) is 18.0. The summed E-state index contributed by atoms with van der Waals surface area (Å²) in [6.07, 6.45) is -1.59. The van der Waals surface area contributed by atoms with E-state index in [1.165, 1.54) is 16.7 Å². The Morgan fingerprint density at radius 2 is 1.87 bits per heavy atom. The van der Waals surface area contributed by atoms with Gasteiger partial charge in [0.1, 0.15) is 17.1 Å². The van der Waals surface area contributed by atoms with E-state index in [9.17, 15) is 26.4 Å². The maximum atomic E-state index is 13.7. The first-order valence-electron chi connectivity index (χ1n) is 11.8. The zero-order valence-electron chi connectivity index (χ0n) is 20.5. The lowest BCUT2D eigenvalue weighted by Gasteiger charge is -2.39. The summed E-state index contributed by atoms with van der Waals surface area (Å²) in [7, 11) is -4.25. The maximum absolute atomic E-state index is 13.7. The van der Waals surface area contributed by atoms with Crippen LogP contribution in [0.25, 0.3) is 16.5 Å². The van der Waals surface area contributed by atoms with Crippen molar-refractivity contribution in [1.82, 2.24) is 34.4 Å². The van der Waals surface area contributed by atoms with Gasteiger partial charge in [0.05, 0.1) is 18.9 Å². The second-order valence-corrected chi connectivity index (χ2v) is 12.2. The van der Waals surface area contributed by atoms with Crippen molar-refractivity contribution >= 4 is 38.6 Å². The van der Waals surface area contributed by atoms with Crippen LogP contribution in [0.5, 0.6) is 0 Å². The Labute approximate surface area is 219 Å². The fourth-order valence-electron chi connectivity index (χ4n) is 4.28. The van der Waals surface area contributed by atoms with Crippen LogP contribution in [0.4, 0.5) is 18.9 Å². The summed E-state index contributed by atoms with van der Waals surface area (Å²) in [5.74, 6) is -0.107. The number of amides is 1. The largest absolute Gasteiger partial charge is 0.377 e. The summed E-state index contributed by atoms with van der Waals surface area (Å²) in [5, 5.41) is 15.1. The number of aromatic nitrogens is 5. The summed E-state index contributed by atoms with van der Waals surface area (Å²) < 4.78 is 75.5. The predicted molar refractivity (Wildman–Crippen MR) is 130 cm³/mol. The quantitative estimate of drug-likeness (QED) is 0.425. The van der Waals surface area contributed by atoms with Crippen molar-refractivity contribution in [2.24, 2.45) is 5.92 Å². The Bertz CT molecular complexity index is 1440. The Morgan fingerprint density at radius 3 is 2.42 bits per heavy atom. The van der Waals surface area contributed by atoms with Gasteiger partial charge in [0.15, 0.2) is 21.5 Å². The van der Waals surface area contributed by atoms with Crippen molar-refractivity contribution < 1.29 is 31.1 Å². The molecule has 3 aromatic heterocycles. The highest BCUT2D eigenvalue weighted by atomic mass is 32.2. The van der Waals surface area contributed by atoms with Crippen LogP contribution >= 0.6 is 11.3 Å². The molecule has 3 aromatic rings. The Hall–Kier alpha value is -2.89. The van der Waals surface area contributed by atoms with Crippen LogP contribution in [-0.4, -0.2) is 95.6 Å². The number of alkyl halides is 3. The highest BCUT2D eigenvalue weighted by molar-refractivity contribution is 7.89. The van der Waals surface area contributed by atoms with Crippen molar-refractivity contribution in [2.45, 2.75) is 30.7 Å². The van der Waals surface area contributed by atoms with Gasteiger partial charge >= 0.3 is 0 Å². The molecule has 2 aliphatic heterocycles. The number of pyridine rings is 1. The van der Waals surface area contributed by atoms with Crippen molar-refractivity contribution in [1.29, 1.82) is 0 Å². The van der Waals surface area contributed by atoms with Crippen LogP contribution in [0.2, 0.25) is 0 Å². The molecular weight excluding hydrogens is 549 g/mol. The first kappa shape index (κ1) is 26.7. The molecule has 2 aliphatic rings. The summed E-state index contributed by atoms with van der Waals surface area (Å²) >= 11 is 0.616. The third-order valence-electron chi connectivity index (χ3n) is 6.38. The van der Waals surface area contributed by atoms with Gasteiger partial charge in [0.2, 0.25) is 15.9 Å². The number of carbonyl (C=O) groups excluding carboxylic acids is 1. The molecule has 0 aromatic carbocycles. The van der Waals surface area contributed by atoms with Crippen LogP contribution in [0, 0.1) is 5.92 Å². The number of nitrogens with zero attached hydrogens (tertiary/aromatic N) is 7. The van der Waals surface area contributed by atoms with Gasteiger partial charge in [-0.2, -0.15) is 4.72 Å². The van der Waals surface area contributed by atoms with Gasteiger partial charge in [-0.3, -0.25) is 9.20 Å².